The molecule has 0 radical (unpaired) electrons. The second-order valence-corrected chi connectivity index (χ2v) is 12.1. The van der Waals surface area contributed by atoms with E-state index in [0.717, 1.165) is 51.4 Å². The Morgan fingerprint density at radius 1 is 0.429 bits per heavy atom. The van der Waals surface area contributed by atoms with Crippen LogP contribution in [0.25, 0.3) is 0 Å². The van der Waals surface area contributed by atoms with Crippen LogP contribution >= 0.6 is 0 Å². The molecule has 0 aromatic rings. The zero-order chi connectivity index (χ0) is 31.1. The highest BCUT2D eigenvalue weighted by Crippen LogP contribution is 2.16. The van der Waals surface area contributed by atoms with Crippen molar-refractivity contribution in [3.8, 4) is 0 Å². The highest BCUT2D eigenvalue weighted by molar-refractivity contribution is 4.58. The SMILES string of the molecule is CCCCCCCCCCCCCCC(C[N+](=O)[O-])O[N+](=O)OC(CCCCCCCCCCCCCC)C[N+](=O)[O-]. The summed E-state index contributed by atoms with van der Waals surface area (Å²) in [5, 5.41) is 22.1. The van der Waals surface area contributed by atoms with Gasteiger partial charge in [0.05, 0.1) is 0 Å². The lowest BCUT2D eigenvalue weighted by Crippen LogP contribution is -2.32. The van der Waals surface area contributed by atoms with E-state index in [0.29, 0.717) is 12.8 Å². The molecule has 0 saturated carbocycles. The molecule has 2 atom stereocenters. The van der Waals surface area contributed by atoms with Crippen LogP contribution in [0.15, 0.2) is 0 Å². The van der Waals surface area contributed by atoms with Crippen molar-refractivity contribution < 1.29 is 24.6 Å². The molecule has 0 heterocycles. The van der Waals surface area contributed by atoms with Crippen LogP contribution in [0.4, 0.5) is 0 Å². The Labute approximate surface area is 255 Å². The molecule has 0 fully saturated rings. The standard InChI is InChI=1S/C32H64N3O7/c1-3-5-7-9-11-13-15-17-19-21-23-25-27-31(29-33(36)37)41-35(40)42-32(30-34(38)39)28-26-24-22-20-18-16-14-12-10-8-6-4-2/h31-32H,3-30H2,1-2H3/q+1. The van der Waals surface area contributed by atoms with Crippen LogP contribution in [-0.2, 0) is 9.68 Å². The van der Waals surface area contributed by atoms with Gasteiger partial charge in [-0.25, -0.2) is 0 Å². The maximum atomic E-state index is 12.3. The van der Waals surface area contributed by atoms with Gasteiger partial charge in [-0.1, -0.05) is 155 Å². The van der Waals surface area contributed by atoms with E-state index in [9.17, 15) is 25.1 Å². The largest absolute Gasteiger partial charge is 0.478 e. The molecule has 10 nitrogen and oxygen atoms in total. The molecule has 0 aliphatic carbocycles. The molecule has 0 spiro atoms. The normalized spacial score (nSPS) is 12.6. The van der Waals surface area contributed by atoms with Crippen molar-refractivity contribution in [2.45, 2.75) is 193 Å². The second-order valence-electron chi connectivity index (χ2n) is 12.1. The Morgan fingerprint density at radius 3 is 0.905 bits per heavy atom. The second kappa shape index (κ2) is 30.5. The van der Waals surface area contributed by atoms with Crippen molar-refractivity contribution in [3.63, 3.8) is 0 Å². The Bertz CT molecular complexity index is 600. The molecule has 42 heavy (non-hydrogen) atoms. The van der Waals surface area contributed by atoms with E-state index in [-0.39, 0.29) is 5.09 Å². The van der Waals surface area contributed by atoms with Gasteiger partial charge < -0.3 is 0 Å². The van der Waals surface area contributed by atoms with Crippen LogP contribution in [0, 0.1) is 25.1 Å². The van der Waals surface area contributed by atoms with Crippen molar-refractivity contribution in [2.75, 3.05) is 13.1 Å². The zero-order valence-electron chi connectivity index (χ0n) is 27.2. The summed E-state index contributed by atoms with van der Waals surface area (Å²) in [7, 11) is 0. The van der Waals surface area contributed by atoms with Crippen molar-refractivity contribution in [1.82, 2.24) is 0 Å². The smallest absolute Gasteiger partial charge is 0.264 e. The summed E-state index contributed by atoms with van der Waals surface area (Å²) in [5.74, 6) is 0. The van der Waals surface area contributed by atoms with E-state index >= 15 is 0 Å². The molecule has 0 amide bonds. The first-order valence-electron chi connectivity index (χ1n) is 17.4. The fraction of sp³-hybridized carbons (Fsp3) is 1.00. The molecule has 0 saturated heterocycles. The van der Waals surface area contributed by atoms with Gasteiger partial charge in [-0.2, -0.15) is 9.68 Å². The molecule has 0 bridgehead atoms. The minimum Gasteiger partial charge on any atom is -0.264 e. The maximum Gasteiger partial charge on any atom is 0.478 e. The van der Waals surface area contributed by atoms with Crippen molar-refractivity contribution in [1.29, 1.82) is 0 Å². The van der Waals surface area contributed by atoms with E-state index in [1.54, 1.807) is 0 Å². The van der Waals surface area contributed by atoms with Crippen LogP contribution < -0.4 is 0 Å². The van der Waals surface area contributed by atoms with Gasteiger partial charge in [0.15, 0.2) is 0 Å². The number of rotatable bonds is 34. The zero-order valence-corrected chi connectivity index (χ0v) is 27.2. The lowest BCUT2D eigenvalue weighted by molar-refractivity contribution is -0.995. The quantitative estimate of drug-likeness (QED) is 0.0407. The molecule has 2 unspecified atom stereocenters. The molecule has 0 N–H and O–H groups in total. The van der Waals surface area contributed by atoms with E-state index < -0.39 is 35.1 Å². The Kier molecular flexibility index (Phi) is 29.0. The van der Waals surface area contributed by atoms with Gasteiger partial charge in [0.2, 0.25) is 25.3 Å². The van der Waals surface area contributed by atoms with E-state index in [1.165, 1.54) is 103 Å². The molecule has 0 rings (SSSR count). The van der Waals surface area contributed by atoms with Gasteiger partial charge in [-0.05, 0) is 25.7 Å². The average Bonchev–Trinajstić information content (AvgIpc) is 2.93. The third-order valence-electron chi connectivity index (χ3n) is 7.93. The number of nitrogens with zero attached hydrogens (tertiary/aromatic N) is 3. The number of hydrogen-bond donors (Lipinski definition) is 0. The van der Waals surface area contributed by atoms with Crippen LogP contribution in [0.3, 0.4) is 0 Å². The van der Waals surface area contributed by atoms with Gasteiger partial charge in [-0.3, -0.25) is 20.2 Å². The van der Waals surface area contributed by atoms with Gasteiger partial charge in [0, 0.05) is 9.85 Å². The maximum absolute atomic E-state index is 12.3. The third kappa shape index (κ3) is 29.5. The fourth-order valence-electron chi connectivity index (χ4n) is 5.38. The summed E-state index contributed by atoms with van der Waals surface area (Å²) in [6, 6.07) is 0. The van der Waals surface area contributed by atoms with Crippen LogP contribution in [0.5, 0.6) is 0 Å². The molecule has 10 heteroatoms. The topological polar surface area (TPSA) is 125 Å². The molecular formula is C32H64N3O7+. The van der Waals surface area contributed by atoms with E-state index in [1.807, 2.05) is 0 Å². The highest BCUT2D eigenvalue weighted by Gasteiger charge is 2.32. The van der Waals surface area contributed by atoms with Gasteiger partial charge in [0.1, 0.15) is 4.91 Å². The van der Waals surface area contributed by atoms with Gasteiger partial charge in [-0.15, -0.1) is 0 Å². The number of hydrogen-bond acceptors (Lipinski definition) is 7. The highest BCUT2D eigenvalue weighted by atomic mass is 17.0. The Hall–Kier alpha value is -2.00. The number of unbranched alkanes of at least 4 members (excludes halogenated alkanes) is 22. The van der Waals surface area contributed by atoms with E-state index in [4.69, 9.17) is 9.68 Å². The molecule has 0 aromatic heterocycles. The molecule has 0 aliphatic heterocycles. The first kappa shape index (κ1) is 40.0. The average molecular weight is 603 g/mol. The summed E-state index contributed by atoms with van der Waals surface area (Å²) in [5.41, 5.74) is 0. The molecular weight excluding hydrogens is 538 g/mol. The first-order valence-corrected chi connectivity index (χ1v) is 17.4. The minimum atomic E-state index is -0.913. The lowest BCUT2D eigenvalue weighted by atomic mass is 10.0. The predicted molar refractivity (Wildman–Crippen MR) is 168 cm³/mol. The predicted octanol–water partition coefficient (Wildman–Crippen LogP) is 10.1. The van der Waals surface area contributed by atoms with E-state index in [2.05, 4.69) is 13.8 Å². The summed E-state index contributed by atoms with van der Waals surface area (Å²) in [4.78, 5) is 43.8. The molecule has 0 aromatic carbocycles. The van der Waals surface area contributed by atoms with Crippen molar-refractivity contribution >= 4 is 0 Å². The van der Waals surface area contributed by atoms with Crippen LogP contribution in [0.2, 0.25) is 0 Å². The van der Waals surface area contributed by atoms with Crippen LogP contribution in [-0.4, -0.2) is 40.2 Å². The fourth-order valence-corrected chi connectivity index (χ4v) is 5.38. The summed E-state index contributed by atoms with van der Waals surface area (Å²) in [6.45, 7) is 3.46. The molecule has 248 valence electrons. The Balaban J connectivity index is 4.14. The minimum absolute atomic E-state index is 0.122. The third-order valence-corrected chi connectivity index (χ3v) is 7.93. The van der Waals surface area contributed by atoms with Gasteiger partial charge in [0.25, 0.3) is 0 Å². The summed E-state index contributed by atoms with van der Waals surface area (Å²) < 4.78 is 0. The van der Waals surface area contributed by atoms with Crippen molar-refractivity contribution in [2.24, 2.45) is 0 Å². The van der Waals surface area contributed by atoms with Crippen molar-refractivity contribution in [3.05, 3.63) is 25.1 Å². The van der Waals surface area contributed by atoms with Crippen LogP contribution in [0.1, 0.15) is 181 Å². The monoisotopic (exact) mass is 602 g/mol. The number of nitro groups is 2. The first-order chi connectivity index (χ1) is 20.4. The summed E-state index contributed by atoms with van der Waals surface area (Å²) in [6.07, 6.45) is 27.3. The molecule has 0 aliphatic rings. The Morgan fingerprint density at radius 2 is 0.667 bits per heavy atom. The summed E-state index contributed by atoms with van der Waals surface area (Å²) >= 11 is 0. The lowest BCUT2D eigenvalue weighted by Gasteiger charge is -2.10. The van der Waals surface area contributed by atoms with Gasteiger partial charge >= 0.3 is 5.09 Å².